The number of nitrogens with one attached hydrogen (secondary N) is 1. The Kier molecular flexibility index (Phi) is 4.73. The van der Waals surface area contributed by atoms with Crippen LogP contribution >= 0.6 is 11.3 Å². The maximum Gasteiger partial charge on any atom is 0.230 e. The summed E-state index contributed by atoms with van der Waals surface area (Å²) in [7, 11) is 0. The first-order chi connectivity index (χ1) is 13.4. The Hall–Kier alpha value is -2.99. The van der Waals surface area contributed by atoms with Gasteiger partial charge in [0.05, 0.1) is 12.1 Å². The van der Waals surface area contributed by atoms with Crippen LogP contribution < -0.4 is 5.32 Å². The third kappa shape index (κ3) is 3.55. The lowest BCUT2D eigenvalue weighted by Crippen LogP contribution is -2.15. The van der Waals surface area contributed by atoms with Gasteiger partial charge in [-0.2, -0.15) is 0 Å². The molecule has 0 saturated carbocycles. The number of rotatable bonds is 4. The number of benzene rings is 2. The predicted molar refractivity (Wildman–Crippen MR) is 111 cm³/mol. The van der Waals surface area contributed by atoms with Crippen LogP contribution in [0.15, 0.2) is 48.0 Å². The second-order valence-corrected chi connectivity index (χ2v) is 7.83. The highest BCUT2D eigenvalue weighted by Gasteiger charge is 2.13. The zero-order valence-corrected chi connectivity index (χ0v) is 16.7. The van der Waals surface area contributed by atoms with Gasteiger partial charge < -0.3 is 5.32 Å². The highest BCUT2D eigenvalue weighted by atomic mass is 32.1. The molecule has 4 rings (SSSR count). The minimum atomic E-state index is -0.330. The summed E-state index contributed by atoms with van der Waals surface area (Å²) in [5.74, 6) is -0.521. The number of carbonyl (C=O) groups is 1. The molecular weight excluding hydrogens is 373 g/mol. The van der Waals surface area contributed by atoms with Gasteiger partial charge in [-0.3, -0.25) is 9.20 Å². The molecule has 0 unspecified atom stereocenters. The molecule has 0 radical (unpaired) electrons. The summed E-state index contributed by atoms with van der Waals surface area (Å²) in [6, 6.07) is 11.0. The van der Waals surface area contributed by atoms with Gasteiger partial charge in [0.25, 0.3) is 0 Å². The second kappa shape index (κ2) is 7.20. The maximum absolute atomic E-state index is 13.7. The van der Waals surface area contributed by atoms with E-state index in [1.165, 1.54) is 28.5 Å². The monoisotopic (exact) mass is 393 g/mol. The standard InChI is InChI=1S/C22H20FN3OS/c1-13-4-6-16(8-15(13)3)20-11-26-18(12-28-22(26)25-20)10-21(27)24-17-7-5-14(2)19(23)9-17/h4-9,11-12H,10H2,1-3H3,(H,24,27). The van der Waals surface area contributed by atoms with E-state index >= 15 is 0 Å². The average molecular weight is 393 g/mol. The van der Waals surface area contributed by atoms with Crippen molar-refractivity contribution in [1.82, 2.24) is 9.38 Å². The average Bonchev–Trinajstić information content (AvgIpc) is 3.23. The molecule has 28 heavy (non-hydrogen) atoms. The molecule has 0 aliphatic heterocycles. The largest absolute Gasteiger partial charge is 0.326 e. The van der Waals surface area contributed by atoms with Gasteiger partial charge in [0.1, 0.15) is 5.82 Å². The number of thiazole rings is 1. The van der Waals surface area contributed by atoms with E-state index in [0.717, 1.165) is 21.9 Å². The van der Waals surface area contributed by atoms with Crippen LogP contribution in [0.25, 0.3) is 16.2 Å². The number of amides is 1. The highest BCUT2D eigenvalue weighted by Crippen LogP contribution is 2.25. The minimum absolute atomic E-state index is 0.190. The second-order valence-electron chi connectivity index (χ2n) is 6.99. The number of imidazole rings is 1. The zero-order valence-electron chi connectivity index (χ0n) is 15.9. The first-order valence-corrected chi connectivity index (χ1v) is 9.88. The van der Waals surface area contributed by atoms with Gasteiger partial charge in [-0.25, -0.2) is 9.37 Å². The molecular formula is C22H20FN3OS. The van der Waals surface area contributed by atoms with E-state index in [4.69, 9.17) is 0 Å². The maximum atomic E-state index is 13.7. The molecule has 0 spiro atoms. The van der Waals surface area contributed by atoms with Gasteiger partial charge in [0.2, 0.25) is 5.91 Å². The lowest BCUT2D eigenvalue weighted by Gasteiger charge is -2.06. The lowest BCUT2D eigenvalue weighted by molar-refractivity contribution is -0.115. The number of fused-ring (bicyclic) bond motifs is 1. The smallest absolute Gasteiger partial charge is 0.230 e. The van der Waals surface area contributed by atoms with Crippen molar-refractivity contribution >= 4 is 27.9 Å². The van der Waals surface area contributed by atoms with E-state index in [-0.39, 0.29) is 18.1 Å². The van der Waals surface area contributed by atoms with E-state index in [0.29, 0.717) is 11.3 Å². The van der Waals surface area contributed by atoms with Gasteiger partial charge in [-0.1, -0.05) is 18.2 Å². The molecule has 1 amide bonds. The first-order valence-electron chi connectivity index (χ1n) is 9.00. The summed E-state index contributed by atoms with van der Waals surface area (Å²) in [5, 5.41) is 4.69. The van der Waals surface area contributed by atoms with Crippen LogP contribution in [-0.2, 0) is 11.2 Å². The van der Waals surface area contributed by atoms with Gasteiger partial charge in [0.15, 0.2) is 4.96 Å². The molecule has 4 nitrogen and oxygen atoms in total. The van der Waals surface area contributed by atoms with Gasteiger partial charge in [-0.15, -0.1) is 11.3 Å². The van der Waals surface area contributed by atoms with Crippen LogP contribution in [-0.4, -0.2) is 15.3 Å². The normalized spacial score (nSPS) is 11.1. The van der Waals surface area contributed by atoms with E-state index in [1.54, 1.807) is 19.1 Å². The molecule has 0 saturated heterocycles. The Morgan fingerprint density at radius 3 is 2.64 bits per heavy atom. The summed E-state index contributed by atoms with van der Waals surface area (Å²) in [4.78, 5) is 17.9. The van der Waals surface area contributed by atoms with E-state index < -0.39 is 0 Å². The number of nitrogens with zero attached hydrogens (tertiary/aromatic N) is 2. The van der Waals surface area contributed by atoms with Crippen LogP contribution in [0.1, 0.15) is 22.4 Å². The molecule has 0 aliphatic carbocycles. The summed E-state index contributed by atoms with van der Waals surface area (Å²) in [5.41, 5.74) is 6.28. The summed E-state index contributed by atoms with van der Waals surface area (Å²) < 4.78 is 15.6. The van der Waals surface area contributed by atoms with E-state index in [2.05, 4.69) is 42.3 Å². The van der Waals surface area contributed by atoms with Gasteiger partial charge >= 0.3 is 0 Å². The van der Waals surface area contributed by atoms with Crippen molar-refractivity contribution in [3.8, 4) is 11.3 Å². The molecule has 1 N–H and O–H groups in total. The number of hydrogen-bond acceptors (Lipinski definition) is 3. The number of aryl methyl sites for hydroxylation is 3. The Labute approximate surface area is 166 Å². The van der Waals surface area contributed by atoms with Crippen molar-refractivity contribution in [2.45, 2.75) is 27.2 Å². The fourth-order valence-corrected chi connectivity index (χ4v) is 3.91. The SMILES string of the molecule is Cc1ccc(-c2cn3c(CC(=O)Nc4ccc(C)c(F)c4)csc3n2)cc1C. The molecule has 0 fully saturated rings. The third-order valence-corrected chi connectivity index (χ3v) is 5.77. The molecule has 142 valence electrons. The molecule has 6 heteroatoms. The zero-order chi connectivity index (χ0) is 19.8. The van der Waals surface area contributed by atoms with Crippen LogP contribution in [0.4, 0.5) is 10.1 Å². The van der Waals surface area contributed by atoms with Crippen molar-refractivity contribution in [1.29, 1.82) is 0 Å². The Morgan fingerprint density at radius 1 is 1.11 bits per heavy atom. The fraction of sp³-hybridized carbons (Fsp3) is 0.182. The van der Waals surface area contributed by atoms with Crippen molar-refractivity contribution in [3.05, 3.63) is 76.2 Å². The quantitative estimate of drug-likeness (QED) is 0.511. The minimum Gasteiger partial charge on any atom is -0.326 e. The fourth-order valence-electron chi connectivity index (χ4n) is 3.04. The number of anilines is 1. The topological polar surface area (TPSA) is 46.4 Å². The van der Waals surface area contributed by atoms with Crippen molar-refractivity contribution in [3.63, 3.8) is 0 Å². The van der Waals surface area contributed by atoms with Crippen molar-refractivity contribution in [2.24, 2.45) is 0 Å². The Morgan fingerprint density at radius 2 is 1.89 bits per heavy atom. The van der Waals surface area contributed by atoms with E-state index in [1.807, 2.05) is 16.0 Å². The van der Waals surface area contributed by atoms with Crippen molar-refractivity contribution in [2.75, 3.05) is 5.32 Å². The molecule has 0 atom stereocenters. The number of carbonyl (C=O) groups excluding carboxylic acids is 1. The van der Waals surface area contributed by atoms with Gasteiger partial charge in [0, 0.05) is 28.5 Å². The molecule has 2 aromatic heterocycles. The van der Waals surface area contributed by atoms with Crippen LogP contribution in [0.5, 0.6) is 0 Å². The van der Waals surface area contributed by atoms with E-state index in [9.17, 15) is 9.18 Å². The Bertz CT molecular complexity index is 1190. The number of halogens is 1. The lowest BCUT2D eigenvalue weighted by atomic mass is 10.0. The van der Waals surface area contributed by atoms with Crippen molar-refractivity contribution < 1.29 is 9.18 Å². The highest BCUT2D eigenvalue weighted by molar-refractivity contribution is 7.15. The molecule has 4 aromatic rings. The van der Waals surface area contributed by atoms with Crippen LogP contribution in [0, 0.1) is 26.6 Å². The number of aromatic nitrogens is 2. The van der Waals surface area contributed by atoms with Gasteiger partial charge in [-0.05, 0) is 55.7 Å². The summed E-state index contributed by atoms with van der Waals surface area (Å²) in [6.45, 7) is 5.86. The third-order valence-electron chi connectivity index (χ3n) is 4.88. The summed E-state index contributed by atoms with van der Waals surface area (Å²) >= 11 is 1.50. The molecule has 0 bridgehead atoms. The van der Waals surface area contributed by atoms with Crippen LogP contribution in [0.2, 0.25) is 0 Å². The number of hydrogen-bond donors (Lipinski definition) is 1. The molecule has 0 aliphatic rings. The predicted octanol–water partition coefficient (Wildman–Crippen LogP) is 5.31. The van der Waals surface area contributed by atoms with Crippen LogP contribution in [0.3, 0.4) is 0 Å². The Balaban J connectivity index is 1.55. The molecule has 2 aromatic carbocycles. The summed E-state index contributed by atoms with van der Waals surface area (Å²) in [6.07, 6.45) is 2.16. The first kappa shape index (κ1) is 18.4. The molecule has 2 heterocycles.